The van der Waals surface area contributed by atoms with Crippen molar-refractivity contribution in [3.8, 4) is 11.1 Å². The first-order valence-electron chi connectivity index (χ1n) is 8.82. The number of benzene rings is 1. The molecule has 1 aliphatic rings. The first-order valence-corrected chi connectivity index (χ1v) is 9.70. The lowest BCUT2D eigenvalue weighted by Crippen LogP contribution is -2.49. The van der Waals surface area contributed by atoms with Crippen LogP contribution in [0.1, 0.15) is 15.2 Å². The van der Waals surface area contributed by atoms with Gasteiger partial charge in [-0.15, -0.1) is 11.3 Å². The van der Waals surface area contributed by atoms with E-state index in [9.17, 15) is 4.79 Å². The number of thiophene rings is 1. The van der Waals surface area contributed by atoms with Crippen molar-refractivity contribution < 1.29 is 4.79 Å². The molecule has 4 rings (SSSR count). The standard InChI is InChI=1S/C21H21N3OS/c1-16-5-7-17(8-6-16)18-9-15-26-20(18)21(25)24-13-11-23(12-14-24)19-4-2-3-10-22-19/h2-10,15H,11-14H2,1H3. The monoisotopic (exact) mass is 363 g/mol. The third-order valence-electron chi connectivity index (χ3n) is 4.76. The molecule has 1 aliphatic heterocycles. The lowest BCUT2D eigenvalue weighted by Gasteiger charge is -2.35. The molecule has 1 amide bonds. The molecule has 3 heterocycles. The summed E-state index contributed by atoms with van der Waals surface area (Å²) in [4.78, 5) is 22.5. The fourth-order valence-corrected chi connectivity index (χ4v) is 4.14. The molecule has 0 bridgehead atoms. The second-order valence-electron chi connectivity index (χ2n) is 6.50. The Morgan fingerprint density at radius 2 is 1.77 bits per heavy atom. The molecule has 0 N–H and O–H groups in total. The van der Waals surface area contributed by atoms with E-state index in [-0.39, 0.29) is 5.91 Å². The summed E-state index contributed by atoms with van der Waals surface area (Å²) in [5.74, 6) is 1.12. The summed E-state index contributed by atoms with van der Waals surface area (Å²) >= 11 is 1.53. The Labute approximate surface area is 157 Å². The van der Waals surface area contributed by atoms with E-state index in [2.05, 4.69) is 41.1 Å². The van der Waals surface area contributed by atoms with E-state index in [1.165, 1.54) is 16.9 Å². The minimum absolute atomic E-state index is 0.135. The van der Waals surface area contributed by atoms with Crippen molar-refractivity contribution >= 4 is 23.1 Å². The van der Waals surface area contributed by atoms with Crippen LogP contribution in [-0.4, -0.2) is 42.0 Å². The molecule has 132 valence electrons. The number of pyridine rings is 1. The Morgan fingerprint density at radius 3 is 2.46 bits per heavy atom. The van der Waals surface area contributed by atoms with Crippen molar-refractivity contribution in [3.05, 3.63) is 70.5 Å². The summed E-state index contributed by atoms with van der Waals surface area (Å²) in [6, 6.07) is 16.4. The molecule has 3 aromatic rings. The zero-order chi connectivity index (χ0) is 17.9. The summed E-state index contributed by atoms with van der Waals surface area (Å²) < 4.78 is 0. The number of amides is 1. The minimum Gasteiger partial charge on any atom is -0.353 e. The van der Waals surface area contributed by atoms with Gasteiger partial charge in [-0.1, -0.05) is 35.9 Å². The first-order chi connectivity index (χ1) is 12.7. The minimum atomic E-state index is 0.135. The molecule has 1 aromatic carbocycles. The molecule has 0 unspecified atom stereocenters. The van der Waals surface area contributed by atoms with E-state index < -0.39 is 0 Å². The summed E-state index contributed by atoms with van der Waals surface area (Å²) in [7, 11) is 0. The summed E-state index contributed by atoms with van der Waals surface area (Å²) in [6.07, 6.45) is 1.81. The lowest BCUT2D eigenvalue weighted by molar-refractivity contribution is 0.0752. The first kappa shape index (κ1) is 16.8. The Bertz CT molecular complexity index is 881. The van der Waals surface area contributed by atoms with E-state index >= 15 is 0 Å². The molecule has 0 aliphatic carbocycles. The normalized spacial score (nSPS) is 14.5. The van der Waals surface area contributed by atoms with Crippen molar-refractivity contribution in [2.75, 3.05) is 31.1 Å². The number of rotatable bonds is 3. The Kier molecular flexibility index (Phi) is 4.71. The van der Waals surface area contributed by atoms with Crippen LogP contribution in [-0.2, 0) is 0 Å². The van der Waals surface area contributed by atoms with Crippen LogP contribution >= 0.6 is 11.3 Å². The fourth-order valence-electron chi connectivity index (χ4n) is 3.26. The third-order valence-corrected chi connectivity index (χ3v) is 5.66. The molecule has 0 radical (unpaired) electrons. The molecular formula is C21H21N3OS. The van der Waals surface area contributed by atoms with Gasteiger partial charge in [0.25, 0.3) is 5.91 Å². The number of piperazine rings is 1. The van der Waals surface area contributed by atoms with Crippen LogP contribution in [0.2, 0.25) is 0 Å². The van der Waals surface area contributed by atoms with Gasteiger partial charge in [0.2, 0.25) is 0 Å². The number of nitrogens with zero attached hydrogens (tertiary/aromatic N) is 3. The van der Waals surface area contributed by atoms with Gasteiger partial charge in [-0.2, -0.15) is 0 Å². The van der Waals surface area contributed by atoms with Gasteiger partial charge in [-0.3, -0.25) is 4.79 Å². The smallest absolute Gasteiger partial charge is 0.264 e. The summed E-state index contributed by atoms with van der Waals surface area (Å²) in [5.41, 5.74) is 3.36. The van der Waals surface area contributed by atoms with E-state index in [1.807, 2.05) is 40.7 Å². The largest absolute Gasteiger partial charge is 0.353 e. The maximum Gasteiger partial charge on any atom is 0.264 e. The van der Waals surface area contributed by atoms with Crippen LogP contribution in [0.5, 0.6) is 0 Å². The average molecular weight is 363 g/mol. The predicted octanol–water partition coefficient (Wildman–Crippen LogP) is 4.08. The average Bonchev–Trinajstić information content (AvgIpc) is 3.19. The molecule has 2 aromatic heterocycles. The topological polar surface area (TPSA) is 36.4 Å². The van der Waals surface area contributed by atoms with Gasteiger partial charge >= 0.3 is 0 Å². The van der Waals surface area contributed by atoms with Gasteiger partial charge in [0, 0.05) is 37.9 Å². The number of hydrogen-bond donors (Lipinski definition) is 0. The molecule has 1 saturated heterocycles. The van der Waals surface area contributed by atoms with Gasteiger partial charge in [-0.05, 0) is 36.1 Å². The molecule has 0 saturated carbocycles. The number of anilines is 1. The Balaban J connectivity index is 1.48. The molecule has 1 fully saturated rings. The summed E-state index contributed by atoms with van der Waals surface area (Å²) in [5, 5.41) is 2.01. The van der Waals surface area contributed by atoms with Crippen LogP contribution in [0, 0.1) is 6.92 Å². The van der Waals surface area contributed by atoms with Crippen LogP contribution in [0.3, 0.4) is 0 Å². The third kappa shape index (κ3) is 3.35. The number of aromatic nitrogens is 1. The van der Waals surface area contributed by atoms with Gasteiger partial charge in [-0.25, -0.2) is 4.98 Å². The van der Waals surface area contributed by atoms with Gasteiger partial charge in [0.15, 0.2) is 0 Å². The molecular weight excluding hydrogens is 342 g/mol. The maximum atomic E-state index is 13.1. The quantitative estimate of drug-likeness (QED) is 0.703. The van der Waals surface area contributed by atoms with Crippen LogP contribution in [0.25, 0.3) is 11.1 Å². The van der Waals surface area contributed by atoms with Gasteiger partial charge < -0.3 is 9.80 Å². The number of aryl methyl sites for hydroxylation is 1. The molecule has 0 spiro atoms. The van der Waals surface area contributed by atoms with Crippen molar-refractivity contribution in [2.45, 2.75) is 6.92 Å². The van der Waals surface area contributed by atoms with Gasteiger partial charge in [0.05, 0.1) is 4.88 Å². The van der Waals surface area contributed by atoms with Crippen molar-refractivity contribution in [1.82, 2.24) is 9.88 Å². The highest BCUT2D eigenvalue weighted by molar-refractivity contribution is 7.12. The highest BCUT2D eigenvalue weighted by Crippen LogP contribution is 2.30. The second kappa shape index (κ2) is 7.30. The number of carbonyl (C=O) groups excluding carboxylic acids is 1. The summed E-state index contributed by atoms with van der Waals surface area (Å²) in [6.45, 7) is 5.15. The Morgan fingerprint density at radius 1 is 1.00 bits per heavy atom. The van der Waals surface area contributed by atoms with Crippen LogP contribution < -0.4 is 4.90 Å². The zero-order valence-electron chi connectivity index (χ0n) is 14.8. The SMILES string of the molecule is Cc1ccc(-c2ccsc2C(=O)N2CCN(c3ccccn3)CC2)cc1. The number of carbonyl (C=O) groups is 1. The van der Waals surface area contributed by atoms with Crippen LogP contribution in [0.4, 0.5) is 5.82 Å². The highest BCUT2D eigenvalue weighted by atomic mass is 32.1. The molecule has 0 atom stereocenters. The van der Waals surface area contributed by atoms with Gasteiger partial charge in [0.1, 0.15) is 5.82 Å². The van der Waals surface area contributed by atoms with Crippen molar-refractivity contribution in [1.29, 1.82) is 0 Å². The van der Waals surface area contributed by atoms with Crippen molar-refractivity contribution in [3.63, 3.8) is 0 Å². The van der Waals surface area contributed by atoms with E-state index in [0.717, 1.165) is 48.0 Å². The molecule has 4 nitrogen and oxygen atoms in total. The number of hydrogen-bond acceptors (Lipinski definition) is 4. The maximum absolute atomic E-state index is 13.1. The van der Waals surface area contributed by atoms with Crippen LogP contribution in [0.15, 0.2) is 60.1 Å². The highest BCUT2D eigenvalue weighted by Gasteiger charge is 2.25. The van der Waals surface area contributed by atoms with E-state index in [1.54, 1.807) is 0 Å². The van der Waals surface area contributed by atoms with E-state index in [4.69, 9.17) is 0 Å². The lowest BCUT2D eigenvalue weighted by atomic mass is 10.0. The van der Waals surface area contributed by atoms with Crippen molar-refractivity contribution in [2.24, 2.45) is 0 Å². The molecule has 5 heteroatoms. The Hall–Kier alpha value is -2.66. The second-order valence-corrected chi connectivity index (χ2v) is 7.41. The zero-order valence-corrected chi connectivity index (χ0v) is 15.6. The predicted molar refractivity (Wildman–Crippen MR) is 107 cm³/mol. The molecule has 26 heavy (non-hydrogen) atoms. The fraction of sp³-hybridized carbons (Fsp3) is 0.238. The van der Waals surface area contributed by atoms with E-state index in [0.29, 0.717) is 0 Å².